The Kier molecular flexibility index (Phi) is 6.98. The first-order valence-corrected chi connectivity index (χ1v) is 5.09. The summed E-state index contributed by atoms with van der Waals surface area (Å²) in [4.78, 5) is 0.415. The number of unbranched alkanes of at least 4 members (excludes halogenated alkanes) is 1. The Hall–Kier alpha value is 0.770. The molecule has 0 aliphatic rings. The fourth-order valence-electron chi connectivity index (χ4n) is 0.791. The van der Waals surface area contributed by atoms with Crippen molar-refractivity contribution >= 4 is 27.5 Å². The van der Waals surface area contributed by atoms with Crippen molar-refractivity contribution in [3.63, 3.8) is 0 Å². The number of hydrogen-bond acceptors (Lipinski definition) is 0. The zero-order chi connectivity index (χ0) is 7.98. The van der Waals surface area contributed by atoms with Crippen LogP contribution < -0.4 is 0 Å². The lowest BCUT2D eigenvalue weighted by atomic mass is 10.1. The molecule has 0 saturated carbocycles. The summed E-state index contributed by atoms with van der Waals surface area (Å²) in [7, 11) is 0. The third-order valence-corrected chi connectivity index (χ3v) is 2.05. The van der Waals surface area contributed by atoms with Crippen LogP contribution in [0.5, 0.6) is 0 Å². The second kappa shape index (κ2) is 6.48. The van der Waals surface area contributed by atoms with Crippen molar-refractivity contribution in [3.8, 4) is 0 Å². The lowest BCUT2D eigenvalue weighted by Gasteiger charge is -2.03. The molecule has 0 rings (SSSR count). The number of alkyl halides is 2. The first-order chi connectivity index (χ1) is 4.63. The van der Waals surface area contributed by atoms with E-state index in [2.05, 4.69) is 22.9 Å². The molecule has 10 heavy (non-hydrogen) atoms. The molecule has 0 fully saturated rings. The fourth-order valence-corrected chi connectivity index (χ4v) is 1.27. The molecule has 0 saturated heterocycles. The van der Waals surface area contributed by atoms with Gasteiger partial charge in [0, 0.05) is 10.2 Å². The summed E-state index contributed by atoms with van der Waals surface area (Å²) in [6, 6.07) is 0. The minimum absolute atomic E-state index is 0.332. The van der Waals surface area contributed by atoms with E-state index in [-0.39, 0.29) is 0 Å². The molecule has 0 spiro atoms. The first-order valence-electron chi connectivity index (χ1n) is 3.74. The van der Waals surface area contributed by atoms with E-state index in [0.29, 0.717) is 10.2 Å². The van der Waals surface area contributed by atoms with Gasteiger partial charge in [-0.25, -0.2) is 0 Å². The minimum Gasteiger partial charge on any atom is -0.123 e. The lowest BCUT2D eigenvalue weighted by molar-refractivity contribution is 0.647. The van der Waals surface area contributed by atoms with E-state index in [9.17, 15) is 0 Å². The van der Waals surface area contributed by atoms with Gasteiger partial charge in [0.25, 0.3) is 0 Å². The van der Waals surface area contributed by atoms with Gasteiger partial charge in [-0.15, -0.1) is 11.6 Å². The van der Waals surface area contributed by atoms with Crippen LogP contribution in [0.1, 0.15) is 32.6 Å². The summed E-state index contributed by atoms with van der Waals surface area (Å²) in [5, 5.41) is 0.332. The maximum Gasteiger partial charge on any atom is 0.0307 e. The Morgan fingerprint density at radius 2 is 1.90 bits per heavy atom. The van der Waals surface area contributed by atoms with Gasteiger partial charge < -0.3 is 0 Å². The molecule has 0 aromatic rings. The molecule has 1 radical (unpaired) electrons. The molecular formula is C8H15BrCl. The predicted octanol–water partition coefficient (Wildman–Crippen LogP) is 3.77. The van der Waals surface area contributed by atoms with Gasteiger partial charge in [-0.05, 0) is 26.7 Å². The van der Waals surface area contributed by atoms with E-state index in [1.165, 1.54) is 12.8 Å². The average molecular weight is 227 g/mol. The normalized spacial score (nSPS) is 16.8. The molecule has 0 aliphatic heterocycles. The minimum atomic E-state index is 0.332. The standard InChI is InChI=1S/C8H15BrCl/c1-7(9)5-3-4-6-8(2)10/h7-8H,1,3-6H2,2H3. The molecule has 0 bridgehead atoms. The summed E-state index contributed by atoms with van der Waals surface area (Å²) >= 11 is 9.16. The van der Waals surface area contributed by atoms with Crippen molar-refractivity contribution in [2.45, 2.75) is 42.8 Å². The van der Waals surface area contributed by atoms with E-state index in [1.807, 2.05) is 6.92 Å². The van der Waals surface area contributed by atoms with Crippen LogP contribution in [0.3, 0.4) is 0 Å². The zero-order valence-electron chi connectivity index (χ0n) is 6.45. The van der Waals surface area contributed by atoms with Crippen molar-refractivity contribution in [1.82, 2.24) is 0 Å². The molecule has 0 N–H and O–H groups in total. The summed E-state index contributed by atoms with van der Waals surface area (Å²) in [5.74, 6) is 0. The smallest absolute Gasteiger partial charge is 0.0307 e. The van der Waals surface area contributed by atoms with Crippen LogP contribution in [0.25, 0.3) is 0 Å². The van der Waals surface area contributed by atoms with Gasteiger partial charge in [-0.3, -0.25) is 0 Å². The second-order valence-corrected chi connectivity index (χ2v) is 4.70. The van der Waals surface area contributed by atoms with Crippen LogP contribution in [0, 0.1) is 6.92 Å². The summed E-state index contributed by atoms with van der Waals surface area (Å²) < 4.78 is 0. The molecule has 0 heterocycles. The van der Waals surface area contributed by atoms with Crippen LogP contribution in [0.4, 0.5) is 0 Å². The van der Waals surface area contributed by atoms with Gasteiger partial charge in [0.05, 0.1) is 0 Å². The third-order valence-electron chi connectivity index (χ3n) is 1.37. The SMILES string of the molecule is [CH2]C(Br)CCCCC(C)Cl. The van der Waals surface area contributed by atoms with Crippen LogP contribution in [-0.4, -0.2) is 10.2 Å². The number of rotatable bonds is 5. The van der Waals surface area contributed by atoms with E-state index in [4.69, 9.17) is 11.6 Å². The summed E-state index contributed by atoms with van der Waals surface area (Å²) in [5.41, 5.74) is 0. The highest BCUT2D eigenvalue weighted by Gasteiger charge is 1.98. The Balaban J connectivity index is 2.91. The zero-order valence-corrected chi connectivity index (χ0v) is 8.79. The molecule has 2 unspecified atom stereocenters. The van der Waals surface area contributed by atoms with Crippen molar-refractivity contribution in [2.24, 2.45) is 0 Å². The second-order valence-electron chi connectivity index (χ2n) is 2.66. The predicted molar refractivity (Wildman–Crippen MR) is 51.9 cm³/mol. The van der Waals surface area contributed by atoms with E-state index in [0.717, 1.165) is 12.8 Å². The Labute approximate surface area is 77.5 Å². The largest absolute Gasteiger partial charge is 0.123 e. The first kappa shape index (κ1) is 10.8. The van der Waals surface area contributed by atoms with Crippen LogP contribution in [-0.2, 0) is 0 Å². The maximum atomic E-state index is 5.77. The highest BCUT2D eigenvalue weighted by Crippen LogP contribution is 2.12. The van der Waals surface area contributed by atoms with Crippen LogP contribution in [0.15, 0.2) is 0 Å². The molecule has 0 aromatic heterocycles. The van der Waals surface area contributed by atoms with Crippen LogP contribution in [0.2, 0.25) is 0 Å². The molecule has 2 heteroatoms. The molecule has 0 aromatic carbocycles. The molecule has 61 valence electrons. The lowest BCUT2D eigenvalue weighted by Crippen LogP contribution is -1.93. The molecular weight excluding hydrogens is 211 g/mol. The summed E-state index contributed by atoms with van der Waals surface area (Å²) in [6.07, 6.45) is 4.74. The number of hydrogen-bond donors (Lipinski definition) is 0. The van der Waals surface area contributed by atoms with E-state index < -0.39 is 0 Å². The highest BCUT2D eigenvalue weighted by atomic mass is 79.9. The number of halogens is 2. The van der Waals surface area contributed by atoms with E-state index >= 15 is 0 Å². The summed E-state index contributed by atoms with van der Waals surface area (Å²) in [6.45, 7) is 5.88. The van der Waals surface area contributed by atoms with Gasteiger partial charge in [0.1, 0.15) is 0 Å². The molecule has 0 aliphatic carbocycles. The van der Waals surface area contributed by atoms with Gasteiger partial charge in [-0.2, -0.15) is 0 Å². The fraction of sp³-hybridized carbons (Fsp3) is 0.875. The average Bonchev–Trinajstić information content (AvgIpc) is 1.79. The van der Waals surface area contributed by atoms with Crippen LogP contribution >= 0.6 is 27.5 Å². The van der Waals surface area contributed by atoms with Crippen molar-refractivity contribution in [1.29, 1.82) is 0 Å². The topological polar surface area (TPSA) is 0 Å². The van der Waals surface area contributed by atoms with Crippen molar-refractivity contribution < 1.29 is 0 Å². The van der Waals surface area contributed by atoms with Gasteiger partial charge in [-0.1, -0.05) is 28.8 Å². The molecule has 2 atom stereocenters. The quantitative estimate of drug-likeness (QED) is 0.494. The van der Waals surface area contributed by atoms with Gasteiger partial charge in [0.2, 0.25) is 0 Å². The highest BCUT2D eigenvalue weighted by molar-refractivity contribution is 9.09. The Morgan fingerprint density at radius 3 is 2.30 bits per heavy atom. The van der Waals surface area contributed by atoms with Gasteiger partial charge >= 0.3 is 0 Å². The Bertz CT molecular complexity index is 61.7. The van der Waals surface area contributed by atoms with Crippen molar-refractivity contribution in [3.05, 3.63) is 6.92 Å². The Morgan fingerprint density at radius 1 is 1.40 bits per heavy atom. The van der Waals surface area contributed by atoms with Crippen molar-refractivity contribution in [2.75, 3.05) is 0 Å². The maximum absolute atomic E-state index is 5.77. The molecule has 0 nitrogen and oxygen atoms in total. The van der Waals surface area contributed by atoms with E-state index in [1.54, 1.807) is 0 Å². The monoisotopic (exact) mass is 225 g/mol. The third kappa shape index (κ3) is 8.77. The molecule has 0 amide bonds. The van der Waals surface area contributed by atoms with Gasteiger partial charge in [0.15, 0.2) is 0 Å².